The molecule has 0 aromatic carbocycles. The van der Waals surface area contributed by atoms with Crippen LogP contribution >= 0.6 is 0 Å². The fraction of sp³-hybridized carbons (Fsp3) is 0.800. The Hall–Kier alpha value is -2.12. The van der Waals surface area contributed by atoms with Gasteiger partial charge in [0.25, 0.3) is 0 Å². The Bertz CT molecular complexity index is 565. The third kappa shape index (κ3) is 8.71. The number of nitrogens with one attached hydrogen (secondary N) is 3. The lowest BCUT2D eigenvalue weighted by atomic mass is 9.96. The summed E-state index contributed by atoms with van der Waals surface area (Å²) in [6.45, 7) is 16.2. The second-order valence-electron chi connectivity index (χ2n) is 9.36. The van der Waals surface area contributed by atoms with Crippen LogP contribution in [-0.4, -0.2) is 58.7 Å². The van der Waals surface area contributed by atoms with Gasteiger partial charge < -0.3 is 20.9 Å². The lowest BCUT2D eigenvalue weighted by Gasteiger charge is -2.37. The molecule has 0 bridgehead atoms. The second-order valence-corrected chi connectivity index (χ2v) is 9.36. The Balaban J connectivity index is 5.62. The van der Waals surface area contributed by atoms with Gasteiger partial charge in [0, 0.05) is 11.6 Å². The van der Waals surface area contributed by atoms with E-state index in [0.717, 1.165) is 0 Å². The summed E-state index contributed by atoms with van der Waals surface area (Å²) in [7, 11) is 0. The molecule has 1 atom stereocenters. The van der Waals surface area contributed by atoms with Gasteiger partial charge in [0.15, 0.2) is 0 Å². The number of hydrogen-bond acceptors (Lipinski definition) is 4. The van der Waals surface area contributed by atoms with Gasteiger partial charge in [0.2, 0.25) is 24.1 Å². The third-order valence-corrected chi connectivity index (χ3v) is 4.01. The topological polar surface area (TPSA) is 108 Å². The van der Waals surface area contributed by atoms with Crippen molar-refractivity contribution in [1.29, 1.82) is 0 Å². The molecule has 0 saturated heterocycles. The van der Waals surface area contributed by atoms with E-state index in [1.165, 1.54) is 4.90 Å². The van der Waals surface area contributed by atoms with Gasteiger partial charge in [0.1, 0.15) is 11.6 Å². The van der Waals surface area contributed by atoms with Gasteiger partial charge in [-0.25, -0.2) is 0 Å². The Labute approximate surface area is 169 Å². The van der Waals surface area contributed by atoms with Gasteiger partial charge in [0.05, 0.1) is 6.54 Å². The van der Waals surface area contributed by atoms with Gasteiger partial charge in [-0.1, -0.05) is 13.8 Å². The van der Waals surface area contributed by atoms with Gasteiger partial charge in [-0.05, 0) is 60.8 Å². The van der Waals surface area contributed by atoms with E-state index in [4.69, 9.17) is 0 Å². The molecule has 0 fully saturated rings. The van der Waals surface area contributed by atoms with Crippen LogP contribution in [0.1, 0.15) is 68.7 Å². The predicted octanol–water partition coefficient (Wildman–Crippen LogP) is 1.19. The molecule has 4 amide bonds. The maximum Gasteiger partial charge on any atom is 0.245 e. The summed E-state index contributed by atoms with van der Waals surface area (Å²) < 4.78 is 0. The molecule has 3 N–H and O–H groups in total. The van der Waals surface area contributed by atoms with Crippen LogP contribution in [-0.2, 0) is 19.2 Å². The largest absolute Gasteiger partial charge is 0.350 e. The smallest absolute Gasteiger partial charge is 0.245 e. The van der Waals surface area contributed by atoms with Gasteiger partial charge in [-0.2, -0.15) is 0 Å². The molecule has 0 aromatic heterocycles. The summed E-state index contributed by atoms with van der Waals surface area (Å²) in [6, 6.07) is -0.996. The maximum atomic E-state index is 13.1. The highest BCUT2D eigenvalue weighted by Gasteiger charge is 2.37. The number of rotatable bonds is 10. The number of nitrogens with zero attached hydrogens (tertiary/aromatic N) is 1. The van der Waals surface area contributed by atoms with Crippen LogP contribution in [0.4, 0.5) is 0 Å². The van der Waals surface area contributed by atoms with Crippen molar-refractivity contribution >= 4 is 24.1 Å². The normalized spacial score (nSPS) is 13.1. The fourth-order valence-corrected chi connectivity index (χ4v) is 2.78. The average Bonchev–Trinajstić information content (AvgIpc) is 2.49. The molecule has 0 rings (SSSR count). The first-order valence-electron chi connectivity index (χ1n) is 9.75. The Kier molecular flexibility index (Phi) is 9.64. The minimum Gasteiger partial charge on any atom is -0.350 e. The lowest BCUT2D eigenvalue weighted by molar-refractivity contribution is -0.144. The van der Waals surface area contributed by atoms with Crippen molar-refractivity contribution in [2.24, 2.45) is 5.92 Å². The van der Waals surface area contributed by atoms with E-state index in [1.54, 1.807) is 13.8 Å². The van der Waals surface area contributed by atoms with Crippen molar-refractivity contribution < 1.29 is 19.2 Å². The van der Waals surface area contributed by atoms with Crippen molar-refractivity contribution in [3.63, 3.8) is 0 Å². The van der Waals surface area contributed by atoms with Crippen LogP contribution in [0.15, 0.2) is 0 Å². The average molecular weight is 399 g/mol. The van der Waals surface area contributed by atoms with Gasteiger partial charge >= 0.3 is 0 Å². The highest BCUT2D eigenvalue weighted by Crippen LogP contribution is 2.17. The number of carbonyl (C=O) groups is 4. The second kappa shape index (κ2) is 10.4. The molecule has 8 nitrogen and oxygen atoms in total. The van der Waals surface area contributed by atoms with Crippen LogP contribution in [0.2, 0.25) is 0 Å². The number of amides is 4. The molecule has 1 unspecified atom stereocenters. The van der Waals surface area contributed by atoms with Crippen LogP contribution in [0.25, 0.3) is 0 Å². The molecule has 0 aliphatic rings. The van der Waals surface area contributed by atoms with E-state index in [9.17, 15) is 19.2 Å². The zero-order valence-corrected chi connectivity index (χ0v) is 18.8. The van der Waals surface area contributed by atoms with Gasteiger partial charge in [-0.3, -0.25) is 19.2 Å². The summed E-state index contributed by atoms with van der Waals surface area (Å²) in [4.78, 5) is 50.3. The Morgan fingerprint density at radius 2 is 1.50 bits per heavy atom. The Morgan fingerprint density at radius 1 is 0.964 bits per heavy atom. The first-order chi connectivity index (χ1) is 12.6. The van der Waals surface area contributed by atoms with E-state index < -0.39 is 23.0 Å². The molecule has 0 aliphatic heterocycles. The lowest BCUT2D eigenvalue weighted by Crippen LogP contribution is -2.63. The van der Waals surface area contributed by atoms with Gasteiger partial charge in [-0.15, -0.1) is 0 Å². The van der Waals surface area contributed by atoms with Crippen LogP contribution < -0.4 is 16.0 Å². The predicted molar refractivity (Wildman–Crippen MR) is 109 cm³/mol. The Morgan fingerprint density at radius 3 is 1.89 bits per heavy atom. The third-order valence-electron chi connectivity index (χ3n) is 4.01. The quantitative estimate of drug-likeness (QED) is 0.481. The molecule has 0 radical (unpaired) electrons. The van der Waals surface area contributed by atoms with Crippen LogP contribution in [0.3, 0.4) is 0 Å². The molecule has 0 aromatic rings. The minimum atomic E-state index is -1.15. The standard InChI is InChI=1S/C20H38N4O4/c1-13(2)10-15(24(14(3)4)16(26)11-21-12-25)17(27)22-20(8,9)18(28)23-19(5,6)7/h12-15H,10-11H2,1-9H3,(H,21,25)(H,22,27)(H,23,28). The molecule has 0 saturated carbocycles. The molecule has 0 heterocycles. The van der Waals surface area contributed by atoms with Crippen molar-refractivity contribution in [2.45, 2.75) is 91.9 Å². The first-order valence-corrected chi connectivity index (χ1v) is 9.75. The summed E-state index contributed by atoms with van der Waals surface area (Å²) in [6.07, 6.45) is 0.891. The summed E-state index contributed by atoms with van der Waals surface area (Å²) in [5.74, 6) is -0.896. The molecular weight excluding hydrogens is 360 g/mol. The van der Waals surface area contributed by atoms with Crippen molar-refractivity contribution in [2.75, 3.05) is 6.54 Å². The molecule has 162 valence electrons. The zero-order chi connectivity index (χ0) is 22.3. The van der Waals surface area contributed by atoms with Crippen molar-refractivity contribution in [3.8, 4) is 0 Å². The first kappa shape index (κ1) is 25.9. The van der Waals surface area contributed by atoms with E-state index in [1.807, 2.05) is 48.5 Å². The highest BCUT2D eigenvalue weighted by molar-refractivity contribution is 5.94. The van der Waals surface area contributed by atoms with Crippen LogP contribution in [0, 0.1) is 5.92 Å². The molecular formula is C20H38N4O4. The molecule has 28 heavy (non-hydrogen) atoms. The summed E-state index contributed by atoms with van der Waals surface area (Å²) in [5, 5.41) is 8.01. The van der Waals surface area contributed by atoms with Crippen molar-refractivity contribution in [1.82, 2.24) is 20.9 Å². The number of carbonyl (C=O) groups excluding carboxylic acids is 4. The summed E-state index contributed by atoms with van der Waals surface area (Å²) >= 11 is 0. The maximum absolute atomic E-state index is 13.1. The van der Waals surface area contributed by atoms with Crippen LogP contribution in [0.5, 0.6) is 0 Å². The molecule has 8 heteroatoms. The zero-order valence-electron chi connectivity index (χ0n) is 18.8. The molecule has 0 aliphatic carbocycles. The minimum absolute atomic E-state index is 0.148. The highest BCUT2D eigenvalue weighted by atomic mass is 16.2. The van der Waals surface area contributed by atoms with Crippen molar-refractivity contribution in [3.05, 3.63) is 0 Å². The molecule has 0 spiro atoms. The fourth-order valence-electron chi connectivity index (χ4n) is 2.78. The van der Waals surface area contributed by atoms with E-state index in [-0.39, 0.29) is 30.3 Å². The monoisotopic (exact) mass is 398 g/mol. The van der Waals surface area contributed by atoms with E-state index in [2.05, 4.69) is 16.0 Å². The van der Waals surface area contributed by atoms with E-state index >= 15 is 0 Å². The SMILES string of the molecule is CC(C)CC(C(=O)NC(C)(C)C(=O)NC(C)(C)C)N(C(=O)CNC=O)C(C)C. The number of hydrogen-bond donors (Lipinski definition) is 3. The summed E-state index contributed by atoms with van der Waals surface area (Å²) in [5.41, 5.74) is -1.58. The van der Waals surface area contributed by atoms with E-state index in [0.29, 0.717) is 12.8 Å².